The lowest BCUT2D eigenvalue weighted by atomic mass is 10.3. The van der Waals surface area contributed by atoms with Gasteiger partial charge in [0, 0.05) is 6.92 Å². The van der Waals surface area contributed by atoms with Gasteiger partial charge in [-0.25, -0.2) is 0 Å². The first-order chi connectivity index (χ1) is 4.46. The number of aliphatic hydroxyl groups excluding tert-OH is 2. The summed E-state index contributed by atoms with van der Waals surface area (Å²) in [6.07, 6.45) is 0. The second-order valence-corrected chi connectivity index (χ2v) is 2.42. The van der Waals surface area contributed by atoms with Gasteiger partial charge in [-0.15, -0.1) is 0 Å². The highest BCUT2D eigenvalue weighted by Crippen LogP contribution is 2.00. The van der Waals surface area contributed by atoms with Crippen LogP contribution in [0.3, 0.4) is 0 Å². The number of rotatable bonds is 2. The van der Waals surface area contributed by atoms with E-state index in [1.165, 1.54) is 6.92 Å². The second-order valence-electron chi connectivity index (χ2n) is 1.81. The predicted molar refractivity (Wildman–Crippen MR) is 41.2 cm³/mol. The summed E-state index contributed by atoms with van der Waals surface area (Å²) in [7, 11) is 0. The Morgan fingerprint density at radius 1 is 1.20 bits per heavy atom. The zero-order chi connectivity index (χ0) is 8.31. The molecule has 4 heteroatoms. The first-order valence-corrected chi connectivity index (χ1v) is 3.01. The minimum Gasteiger partial charge on any atom is -0.503 e. The van der Waals surface area contributed by atoms with E-state index in [1.807, 2.05) is 0 Å². The van der Waals surface area contributed by atoms with Crippen LogP contribution in [0, 0.1) is 0 Å². The van der Waals surface area contributed by atoms with Gasteiger partial charge in [0.15, 0.2) is 11.5 Å². The summed E-state index contributed by atoms with van der Waals surface area (Å²) in [5.74, 6) is -1.78. The first kappa shape index (κ1) is 9.10. The summed E-state index contributed by atoms with van der Waals surface area (Å²) in [5, 5.41) is 17.6. The van der Waals surface area contributed by atoms with Crippen molar-refractivity contribution in [2.75, 3.05) is 0 Å². The number of aliphatic hydroxyl groups is 2. The quantitative estimate of drug-likeness (QED) is 0.363. The van der Waals surface area contributed by atoms with Crippen molar-refractivity contribution in [2.45, 2.75) is 13.8 Å². The fraction of sp³-hybridized carbons (Fsp3) is 0.333. The van der Waals surface area contributed by atoms with Crippen LogP contribution in [0.25, 0.3) is 0 Å². The average Bonchev–Trinajstić information content (AvgIpc) is 1.84. The highest BCUT2D eigenvalue weighted by atomic mass is 32.1. The molecule has 0 aliphatic carbocycles. The van der Waals surface area contributed by atoms with E-state index < -0.39 is 17.3 Å². The van der Waals surface area contributed by atoms with Crippen molar-refractivity contribution in [3.8, 4) is 0 Å². The van der Waals surface area contributed by atoms with Gasteiger partial charge in [0.2, 0.25) is 5.76 Å². The van der Waals surface area contributed by atoms with E-state index in [0.717, 1.165) is 6.92 Å². The van der Waals surface area contributed by atoms with Gasteiger partial charge < -0.3 is 10.2 Å². The van der Waals surface area contributed by atoms with E-state index in [4.69, 9.17) is 10.2 Å². The van der Waals surface area contributed by atoms with Crippen molar-refractivity contribution in [2.24, 2.45) is 0 Å². The maximum atomic E-state index is 10.4. The van der Waals surface area contributed by atoms with Gasteiger partial charge >= 0.3 is 0 Å². The molecule has 2 N–H and O–H groups in total. The molecule has 0 unspecified atom stereocenters. The van der Waals surface area contributed by atoms with Gasteiger partial charge in [0.1, 0.15) is 0 Å². The molecule has 0 aromatic rings. The van der Waals surface area contributed by atoms with E-state index in [9.17, 15) is 4.79 Å². The molecule has 0 radical (unpaired) electrons. The van der Waals surface area contributed by atoms with Crippen molar-refractivity contribution in [1.82, 2.24) is 0 Å². The molecule has 0 saturated carbocycles. The van der Waals surface area contributed by atoms with Gasteiger partial charge in [-0.05, 0) is 6.92 Å². The number of hydrogen-bond acceptors (Lipinski definition) is 4. The van der Waals surface area contributed by atoms with Gasteiger partial charge in [0.25, 0.3) is 0 Å². The maximum Gasteiger partial charge on any atom is 0.202 e. The van der Waals surface area contributed by atoms with Crippen molar-refractivity contribution >= 4 is 22.9 Å². The molecule has 0 aliphatic rings. The SMILES string of the molecule is CC(=O)/C(O)=C(/O)C(C)=S. The number of ketones is 1. The summed E-state index contributed by atoms with van der Waals surface area (Å²) >= 11 is 4.49. The molecule has 0 aliphatic heterocycles. The van der Waals surface area contributed by atoms with Crippen LogP contribution in [0.1, 0.15) is 13.8 Å². The van der Waals surface area contributed by atoms with Crippen molar-refractivity contribution < 1.29 is 15.0 Å². The van der Waals surface area contributed by atoms with Crippen LogP contribution in [-0.2, 0) is 4.79 Å². The highest BCUT2D eigenvalue weighted by Gasteiger charge is 2.09. The average molecular weight is 160 g/mol. The molecule has 0 bridgehead atoms. The Bertz CT molecular complexity index is 183. The van der Waals surface area contributed by atoms with E-state index in [2.05, 4.69) is 12.2 Å². The molecular formula is C6H8O3S. The van der Waals surface area contributed by atoms with E-state index >= 15 is 0 Å². The molecule has 56 valence electrons. The number of Topliss-reactive ketones (excluding diaryl/α,β-unsaturated/α-hetero) is 1. The van der Waals surface area contributed by atoms with Gasteiger partial charge in [-0.1, -0.05) is 12.2 Å². The third-order valence-electron chi connectivity index (χ3n) is 0.891. The maximum absolute atomic E-state index is 10.4. The highest BCUT2D eigenvalue weighted by molar-refractivity contribution is 7.80. The lowest BCUT2D eigenvalue weighted by molar-refractivity contribution is -0.116. The number of carbonyl (C=O) groups excluding carboxylic acids is 1. The zero-order valence-corrected chi connectivity index (χ0v) is 6.53. The molecule has 0 rings (SSSR count). The van der Waals surface area contributed by atoms with E-state index in [1.54, 1.807) is 0 Å². The number of thiocarbonyl (C=S) groups is 1. The lowest BCUT2D eigenvalue weighted by Gasteiger charge is -1.97. The molecule has 3 nitrogen and oxygen atoms in total. The minimum atomic E-state index is -0.674. The number of allylic oxidation sites excluding steroid dienone is 2. The van der Waals surface area contributed by atoms with Crippen LogP contribution >= 0.6 is 12.2 Å². The normalized spacial score (nSPS) is 12.2. The molecule has 10 heavy (non-hydrogen) atoms. The van der Waals surface area contributed by atoms with Crippen molar-refractivity contribution in [3.63, 3.8) is 0 Å². The molecule has 0 spiro atoms. The van der Waals surface area contributed by atoms with Crippen LogP contribution in [0.4, 0.5) is 0 Å². The molecule has 0 heterocycles. The van der Waals surface area contributed by atoms with Crippen molar-refractivity contribution in [3.05, 3.63) is 11.5 Å². The Morgan fingerprint density at radius 3 is 1.70 bits per heavy atom. The Labute approximate surface area is 64.0 Å². The summed E-state index contributed by atoms with van der Waals surface area (Å²) in [5.41, 5.74) is 0. The lowest BCUT2D eigenvalue weighted by Crippen LogP contribution is -2.04. The van der Waals surface area contributed by atoms with Gasteiger partial charge in [-0.2, -0.15) is 0 Å². The van der Waals surface area contributed by atoms with Crippen LogP contribution < -0.4 is 0 Å². The third kappa shape index (κ3) is 2.14. The smallest absolute Gasteiger partial charge is 0.202 e. The Hall–Kier alpha value is -0.900. The summed E-state index contributed by atoms with van der Waals surface area (Å²) in [6.45, 7) is 2.56. The molecule has 0 amide bonds. The molecule has 0 saturated heterocycles. The molecule has 0 fully saturated rings. The number of carbonyl (C=O) groups is 1. The Morgan fingerprint density at radius 2 is 1.60 bits per heavy atom. The van der Waals surface area contributed by atoms with Crippen LogP contribution in [0.5, 0.6) is 0 Å². The van der Waals surface area contributed by atoms with E-state index in [-0.39, 0.29) is 4.86 Å². The standard InChI is InChI=1S/C6H8O3S/c1-3(7)5(8)6(9)4(2)10/h8-9H,1-2H3/b6-5-. The molecule has 0 aromatic heterocycles. The Balaban J connectivity index is 4.67. The fourth-order valence-electron chi connectivity index (χ4n) is 0.333. The van der Waals surface area contributed by atoms with Crippen LogP contribution in [0.15, 0.2) is 11.5 Å². The minimum absolute atomic E-state index is 0.104. The summed E-state index contributed by atoms with van der Waals surface area (Å²) in [4.78, 5) is 10.5. The summed E-state index contributed by atoms with van der Waals surface area (Å²) in [6, 6.07) is 0. The summed E-state index contributed by atoms with van der Waals surface area (Å²) < 4.78 is 0. The molecule has 0 atom stereocenters. The third-order valence-corrected chi connectivity index (χ3v) is 1.08. The monoisotopic (exact) mass is 160 g/mol. The van der Waals surface area contributed by atoms with Crippen LogP contribution in [-0.4, -0.2) is 20.9 Å². The zero-order valence-electron chi connectivity index (χ0n) is 5.71. The molecular weight excluding hydrogens is 152 g/mol. The van der Waals surface area contributed by atoms with Crippen LogP contribution in [0.2, 0.25) is 0 Å². The predicted octanol–water partition coefficient (Wildman–Crippen LogP) is 1.29. The first-order valence-electron chi connectivity index (χ1n) is 2.61. The van der Waals surface area contributed by atoms with Gasteiger partial charge in [0.05, 0.1) is 4.86 Å². The Kier molecular flexibility index (Phi) is 3.02. The number of hydrogen-bond donors (Lipinski definition) is 2. The molecule has 0 aromatic carbocycles. The van der Waals surface area contributed by atoms with Gasteiger partial charge in [-0.3, -0.25) is 4.79 Å². The van der Waals surface area contributed by atoms with E-state index in [0.29, 0.717) is 0 Å². The van der Waals surface area contributed by atoms with Crippen molar-refractivity contribution in [1.29, 1.82) is 0 Å². The largest absolute Gasteiger partial charge is 0.503 e. The second kappa shape index (κ2) is 3.31. The fourth-order valence-corrected chi connectivity index (χ4v) is 0.430. The topological polar surface area (TPSA) is 57.5 Å².